The molecule has 0 saturated heterocycles. The highest BCUT2D eigenvalue weighted by molar-refractivity contribution is 6.07. The highest BCUT2D eigenvalue weighted by Crippen LogP contribution is 2.29. The molecule has 0 unspecified atom stereocenters. The zero-order chi connectivity index (χ0) is 14.9. The van der Waals surface area contributed by atoms with Gasteiger partial charge in [0, 0.05) is 18.7 Å². The van der Waals surface area contributed by atoms with Crippen molar-refractivity contribution in [3.63, 3.8) is 0 Å². The Kier molecular flexibility index (Phi) is 3.15. The molecule has 2 aromatic carbocycles. The van der Waals surface area contributed by atoms with E-state index in [0.717, 1.165) is 29.9 Å². The lowest BCUT2D eigenvalue weighted by Gasteiger charge is -2.19. The number of anilines is 1. The molecule has 4 nitrogen and oxygen atoms in total. The Balaban J connectivity index is 1.50. The van der Waals surface area contributed by atoms with Gasteiger partial charge in [0.15, 0.2) is 0 Å². The van der Waals surface area contributed by atoms with Crippen molar-refractivity contribution in [2.75, 3.05) is 11.4 Å². The maximum atomic E-state index is 12.7. The first-order valence-corrected chi connectivity index (χ1v) is 7.50. The van der Waals surface area contributed by atoms with Gasteiger partial charge in [-0.3, -0.25) is 4.79 Å². The van der Waals surface area contributed by atoms with E-state index in [2.05, 4.69) is 11.2 Å². The van der Waals surface area contributed by atoms with Crippen LogP contribution in [0.3, 0.4) is 0 Å². The first-order valence-electron chi connectivity index (χ1n) is 7.50. The quantitative estimate of drug-likeness (QED) is 0.854. The van der Waals surface area contributed by atoms with Crippen molar-refractivity contribution in [2.45, 2.75) is 18.9 Å². The maximum absolute atomic E-state index is 12.7. The molecule has 0 saturated carbocycles. The van der Waals surface area contributed by atoms with Crippen LogP contribution < -0.4 is 4.90 Å². The Labute approximate surface area is 129 Å². The van der Waals surface area contributed by atoms with Crippen molar-refractivity contribution in [1.29, 1.82) is 0 Å². The van der Waals surface area contributed by atoms with Gasteiger partial charge in [0.1, 0.15) is 0 Å². The standard InChI is InChI=1S/C18H16N2O2/c21-18(20-11-10-14-8-4-5-9-16(14)20)17-12-15(19-22-17)13-6-2-1-3-7-13/h1-9,17H,10-12H2/t17-/m0/s1. The Hall–Kier alpha value is -2.62. The van der Waals surface area contributed by atoms with Crippen molar-refractivity contribution in [1.82, 2.24) is 0 Å². The first-order chi connectivity index (χ1) is 10.8. The molecule has 4 heteroatoms. The van der Waals surface area contributed by atoms with E-state index in [1.165, 1.54) is 5.56 Å². The molecule has 2 heterocycles. The van der Waals surface area contributed by atoms with Crippen molar-refractivity contribution < 1.29 is 9.63 Å². The van der Waals surface area contributed by atoms with Crippen LogP contribution in [0.2, 0.25) is 0 Å². The zero-order valence-corrected chi connectivity index (χ0v) is 12.1. The summed E-state index contributed by atoms with van der Waals surface area (Å²) in [6.07, 6.45) is 0.920. The van der Waals surface area contributed by atoms with Gasteiger partial charge in [-0.2, -0.15) is 0 Å². The summed E-state index contributed by atoms with van der Waals surface area (Å²) in [6.45, 7) is 0.721. The van der Waals surface area contributed by atoms with Crippen LogP contribution in [0.1, 0.15) is 17.5 Å². The number of para-hydroxylation sites is 1. The summed E-state index contributed by atoms with van der Waals surface area (Å²) in [5, 5.41) is 4.10. The van der Waals surface area contributed by atoms with Gasteiger partial charge in [0.05, 0.1) is 5.71 Å². The highest BCUT2D eigenvalue weighted by atomic mass is 16.6. The molecule has 4 rings (SSSR count). The minimum absolute atomic E-state index is 0.000342. The number of hydrogen-bond donors (Lipinski definition) is 0. The molecular formula is C18H16N2O2. The largest absolute Gasteiger partial charge is 0.382 e. The van der Waals surface area contributed by atoms with Gasteiger partial charge in [0.25, 0.3) is 5.91 Å². The number of amides is 1. The van der Waals surface area contributed by atoms with E-state index in [4.69, 9.17) is 4.84 Å². The molecule has 0 spiro atoms. The normalized spacial score (nSPS) is 19.5. The van der Waals surface area contributed by atoms with Crippen molar-refractivity contribution in [3.8, 4) is 0 Å². The molecule has 1 amide bonds. The van der Waals surface area contributed by atoms with Gasteiger partial charge in [-0.15, -0.1) is 0 Å². The lowest BCUT2D eigenvalue weighted by molar-refractivity contribution is -0.128. The van der Waals surface area contributed by atoms with Crippen LogP contribution in [-0.2, 0) is 16.1 Å². The lowest BCUT2D eigenvalue weighted by atomic mass is 10.0. The molecule has 0 fully saturated rings. The third kappa shape index (κ3) is 2.17. The summed E-state index contributed by atoms with van der Waals surface area (Å²) in [7, 11) is 0. The summed E-state index contributed by atoms with van der Waals surface area (Å²) in [5.41, 5.74) is 4.08. The average Bonchev–Trinajstić information content (AvgIpc) is 3.22. The number of rotatable bonds is 2. The third-order valence-corrected chi connectivity index (χ3v) is 4.20. The molecule has 2 aliphatic heterocycles. The molecule has 0 aromatic heterocycles. The maximum Gasteiger partial charge on any atom is 0.271 e. The number of oxime groups is 1. The molecule has 0 radical (unpaired) electrons. The van der Waals surface area contributed by atoms with E-state index in [1.807, 2.05) is 53.4 Å². The molecule has 2 aromatic rings. The Morgan fingerprint density at radius 2 is 1.86 bits per heavy atom. The second-order valence-electron chi connectivity index (χ2n) is 5.57. The summed E-state index contributed by atoms with van der Waals surface area (Å²) < 4.78 is 0. The molecule has 0 aliphatic carbocycles. The SMILES string of the molecule is O=C([C@@H]1CC(c2ccccc2)=NO1)N1CCc2ccccc21. The van der Waals surface area contributed by atoms with Gasteiger partial charge >= 0.3 is 0 Å². The fraction of sp³-hybridized carbons (Fsp3) is 0.222. The predicted octanol–water partition coefficient (Wildman–Crippen LogP) is 2.77. The Bertz CT molecular complexity index is 740. The molecule has 110 valence electrons. The highest BCUT2D eigenvalue weighted by Gasteiger charge is 2.35. The second kappa shape index (κ2) is 5.30. The number of fused-ring (bicyclic) bond motifs is 1. The fourth-order valence-corrected chi connectivity index (χ4v) is 3.05. The minimum Gasteiger partial charge on any atom is -0.382 e. The van der Waals surface area contributed by atoms with Gasteiger partial charge in [-0.05, 0) is 23.6 Å². The van der Waals surface area contributed by atoms with Gasteiger partial charge in [-0.25, -0.2) is 0 Å². The smallest absolute Gasteiger partial charge is 0.271 e. The van der Waals surface area contributed by atoms with E-state index in [0.29, 0.717) is 6.42 Å². The molecule has 0 N–H and O–H groups in total. The number of benzene rings is 2. The van der Waals surface area contributed by atoms with Crippen LogP contribution in [0.15, 0.2) is 59.8 Å². The van der Waals surface area contributed by atoms with Crippen LogP contribution in [0, 0.1) is 0 Å². The minimum atomic E-state index is -0.513. The lowest BCUT2D eigenvalue weighted by Crippen LogP contribution is -2.38. The van der Waals surface area contributed by atoms with Crippen LogP contribution >= 0.6 is 0 Å². The Morgan fingerprint density at radius 1 is 1.09 bits per heavy atom. The number of nitrogens with zero attached hydrogens (tertiary/aromatic N) is 2. The summed E-state index contributed by atoms with van der Waals surface area (Å²) in [5.74, 6) is -0.000342. The summed E-state index contributed by atoms with van der Waals surface area (Å²) >= 11 is 0. The molecule has 2 aliphatic rings. The van der Waals surface area contributed by atoms with E-state index in [9.17, 15) is 4.79 Å². The zero-order valence-electron chi connectivity index (χ0n) is 12.1. The second-order valence-corrected chi connectivity index (χ2v) is 5.57. The van der Waals surface area contributed by atoms with Crippen LogP contribution in [0.4, 0.5) is 5.69 Å². The van der Waals surface area contributed by atoms with E-state index in [1.54, 1.807) is 0 Å². The van der Waals surface area contributed by atoms with Gasteiger partial charge in [0.2, 0.25) is 6.10 Å². The monoisotopic (exact) mass is 292 g/mol. The van der Waals surface area contributed by atoms with Crippen LogP contribution in [0.5, 0.6) is 0 Å². The van der Waals surface area contributed by atoms with Crippen LogP contribution in [-0.4, -0.2) is 24.3 Å². The molecule has 1 atom stereocenters. The van der Waals surface area contributed by atoms with E-state index < -0.39 is 6.10 Å². The fourth-order valence-electron chi connectivity index (χ4n) is 3.05. The molecule has 22 heavy (non-hydrogen) atoms. The van der Waals surface area contributed by atoms with Gasteiger partial charge < -0.3 is 9.74 Å². The first kappa shape index (κ1) is 13.1. The number of carbonyl (C=O) groups is 1. The van der Waals surface area contributed by atoms with E-state index in [-0.39, 0.29) is 5.91 Å². The summed E-state index contributed by atoms with van der Waals surface area (Å²) in [4.78, 5) is 19.9. The van der Waals surface area contributed by atoms with E-state index >= 15 is 0 Å². The van der Waals surface area contributed by atoms with Crippen LogP contribution in [0.25, 0.3) is 0 Å². The predicted molar refractivity (Wildman–Crippen MR) is 85.0 cm³/mol. The third-order valence-electron chi connectivity index (χ3n) is 4.20. The average molecular weight is 292 g/mol. The topological polar surface area (TPSA) is 41.9 Å². The summed E-state index contributed by atoms with van der Waals surface area (Å²) in [6, 6.07) is 17.9. The Morgan fingerprint density at radius 3 is 2.73 bits per heavy atom. The molecular weight excluding hydrogens is 276 g/mol. The van der Waals surface area contributed by atoms with Crippen molar-refractivity contribution in [3.05, 3.63) is 65.7 Å². The van der Waals surface area contributed by atoms with Crippen molar-refractivity contribution >= 4 is 17.3 Å². The number of carbonyl (C=O) groups excluding carboxylic acids is 1. The van der Waals surface area contributed by atoms with Crippen molar-refractivity contribution in [2.24, 2.45) is 5.16 Å². The van der Waals surface area contributed by atoms with Gasteiger partial charge in [-0.1, -0.05) is 53.7 Å². The number of hydrogen-bond acceptors (Lipinski definition) is 3. The molecule has 0 bridgehead atoms.